The molecule has 0 fully saturated rings. The van der Waals surface area contributed by atoms with Gasteiger partial charge in [-0.1, -0.05) is 97.1 Å². The molecule has 0 radical (unpaired) electrons. The van der Waals surface area contributed by atoms with E-state index in [0.29, 0.717) is 5.95 Å². The van der Waals surface area contributed by atoms with Crippen LogP contribution in [0.15, 0.2) is 158 Å². The van der Waals surface area contributed by atoms with Crippen LogP contribution >= 0.6 is 0 Å². The van der Waals surface area contributed by atoms with E-state index in [0.717, 1.165) is 22.2 Å². The van der Waals surface area contributed by atoms with Gasteiger partial charge in [0.25, 0.3) is 0 Å². The number of fused-ring (bicyclic) bond motifs is 6. The van der Waals surface area contributed by atoms with Crippen molar-refractivity contribution in [3.05, 3.63) is 158 Å². The fraction of sp³-hybridized carbons (Fsp3) is 0. The van der Waals surface area contributed by atoms with Gasteiger partial charge in [-0.05, 0) is 65.2 Å². The third-order valence-corrected chi connectivity index (χ3v) is 8.64. The molecule has 0 unspecified atom stereocenters. The van der Waals surface area contributed by atoms with Crippen LogP contribution in [0.25, 0.3) is 77.5 Å². The Kier molecular flexibility index (Phi) is 5.47. The van der Waals surface area contributed by atoms with Crippen molar-refractivity contribution < 1.29 is 0 Å². The van der Waals surface area contributed by atoms with Crippen LogP contribution < -0.4 is 0 Å². The van der Waals surface area contributed by atoms with E-state index in [9.17, 15) is 0 Å². The second-order valence-electron chi connectivity index (χ2n) is 11.1. The number of para-hydroxylation sites is 3. The van der Waals surface area contributed by atoms with Gasteiger partial charge in [-0.3, -0.25) is 4.57 Å². The number of nitrogens with zero attached hydrogens (tertiary/aromatic N) is 4. The van der Waals surface area contributed by atoms with Crippen LogP contribution in [0.2, 0.25) is 0 Å². The predicted molar refractivity (Wildman–Crippen MR) is 182 cm³/mol. The number of hydrogen-bond acceptors (Lipinski definition) is 2. The van der Waals surface area contributed by atoms with Crippen LogP contribution in [0, 0.1) is 0 Å². The molecule has 0 atom stereocenters. The fourth-order valence-corrected chi connectivity index (χ4v) is 6.59. The van der Waals surface area contributed by atoms with Crippen molar-refractivity contribution in [3.8, 4) is 33.9 Å². The summed E-state index contributed by atoms with van der Waals surface area (Å²) in [4.78, 5) is 9.64. The topological polar surface area (TPSA) is 35.6 Å². The number of rotatable bonds is 4. The summed E-state index contributed by atoms with van der Waals surface area (Å²) in [7, 11) is 0. The van der Waals surface area contributed by atoms with Gasteiger partial charge in [-0.15, -0.1) is 0 Å². The minimum Gasteiger partial charge on any atom is -0.309 e. The molecule has 9 aromatic rings. The lowest BCUT2D eigenvalue weighted by Gasteiger charge is -2.09. The maximum atomic E-state index is 4.82. The van der Waals surface area contributed by atoms with Gasteiger partial charge < -0.3 is 4.57 Å². The molecule has 0 aliphatic heterocycles. The predicted octanol–water partition coefficient (Wildman–Crippen LogP) is 10.0. The maximum absolute atomic E-state index is 4.82. The first-order valence-electron chi connectivity index (χ1n) is 14.8. The quantitative estimate of drug-likeness (QED) is 0.214. The van der Waals surface area contributed by atoms with Gasteiger partial charge in [-0.25, -0.2) is 9.97 Å². The first-order chi connectivity index (χ1) is 21.8. The Morgan fingerprint density at radius 3 is 1.43 bits per heavy atom. The lowest BCUT2D eigenvalue weighted by molar-refractivity contribution is 0.990. The highest BCUT2D eigenvalue weighted by Gasteiger charge is 2.17. The molecular weight excluding hydrogens is 536 g/mol. The van der Waals surface area contributed by atoms with Crippen molar-refractivity contribution in [2.45, 2.75) is 0 Å². The molecule has 0 saturated heterocycles. The first-order valence-corrected chi connectivity index (χ1v) is 14.8. The average Bonchev–Trinajstić information content (AvgIpc) is 3.61. The third-order valence-electron chi connectivity index (χ3n) is 8.64. The molecule has 4 heteroatoms. The van der Waals surface area contributed by atoms with Crippen LogP contribution in [0.1, 0.15) is 0 Å². The van der Waals surface area contributed by atoms with E-state index in [1.54, 1.807) is 0 Å². The van der Waals surface area contributed by atoms with Gasteiger partial charge in [0.2, 0.25) is 5.95 Å². The zero-order chi connectivity index (χ0) is 29.0. The van der Waals surface area contributed by atoms with Crippen molar-refractivity contribution in [2.24, 2.45) is 0 Å². The SMILES string of the molecule is c1ccc(-c2cnc(-n3c4ccccc4c4cc(-c5ccc6c(c5)c5ccccc5n6-c5ccccc5)ccc43)nc2)cc1. The molecule has 3 heterocycles. The first kappa shape index (κ1) is 24.6. The highest BCUT2D eigenvalue weighted by Crippen LogP contribution is 2.37. The maximum Gasteiger partial charge on any atom is 0.234 e. The smallest absolute Gasteiger partial charge is 0.234 e. The molecule has 44 heavy (non-hydrogen) atoms. The van der Waals surface area contributed by atoms with Crippen LogP contribution in [0.4, 0.5) is 0 Å². The molecule has 4 nitrogen and oxygen atoms in total. The van der Waals surface area contributed by atoms with E-state index in [-0.39, 0.29) is 0 Å². The number of hydrogen-bond donors (Lipinski definition) is 0. The normalized spacial score (nSPS) is 11.6. The molecule has 9 rings (SSSR count). The lowest BCUT2D eigenvalue weighted by Crippen LogP contribution is -2.00. The third kappa shape index (κ3) is 3.78. The van der Waals surface area contributed by atoms with Crippen molar-refractivity contribution in [1.29, 1.82) is 0 Å². The van der Waals surface area contributed by atoms with Gasteiger partial charge in [0.15, 0.2) is 0 Å². The summed E-state index contributed by atoms with van der Waals surface area (Å²) in [6.45, 7) is 0. The van der Waals surface area contributed by atoms with Gasteiger partial charge in [0, 0.05) is 45.2 Å². The second kappa shape index (κ2) is 9.79. The minimum atomic E-state index is 0.666. The molecule has 3 aromatic heterocycles. The summed E-state index contributed by atoms with van der Waals surface area (Å²) >= 11 is 0. The molecule has 0 aliphatic rings. The Bertz CT molecular complexity index is 2470. The van der Waals surface area contributed by atoms with Crippen LogP contribution in [-0.2, 0) is 0 Å². The van der Waals surface area contributed by atoms with E-state index >= 15 is 0 Å². The van der Waals surface area contributed by atoms with Gasteiger partial charge in [0.05, 0.1) is 22.1 Å². The summed E-state index contributed by atoms with van der Waals surface area (Å²) in [6.07, 6.45) is 3.82. The number of aromatic nitrogens is 4. The van der Waals surface area contributed by atoms with Crippen molar-refractivity contribution in [1.82, 2.24) is 19.1 Å². The average molecular weight is 563 g/mol. The summed E-state index contributed by atoms with van der Waals surface area (Å²) < 4.78 is 4.52. The van der Waals surface area contributed by atoms with E-state index < -0.39 is 0 Å². The molecule has 0 N–H and O–H groups in total. The zero-order valence-corrected chi connectivity index (χ0v) is 23.8. The Morgan fingerprint density at radius 2 is 0.818 bits per heavy atom. The fourth-order valence-electron chi connectivity index (χ4n) is 6.59. The summed E-state index contributed by atoms with van der Waals surface area (Å²) in [5.41, 5.74) is 10.2. The van der Waals surface area contributed by atoms with Gasteiger partial charge >= 0.3 is 0 Å². The largest absolute Gasteiger partial charge is 0.309 e. The molecular formula is C40H26N4. The van der Waals surface area contributed by atoms with Crippen molar-refractivity contribution in [3.63, 3.8) is 0 Å². The van der Waals surface area contributed by atoms with Gasteiger partial charge in [0.1, 0.15) is 0 Å². The van der Waals surface area contributed by atoms with Gasteiger partial charge in [-0.2, -0.15) is 0 Å². The standard InChI is InChI=1S/C40H26N4/c1-3-11-27(12-4-1)30-25-41-40(42-26-30)44-37-18-10-8-16-33(37)35-24-29(20-22-39(35)44)28-19-21-38-34(23-28)32-15-7-9-17-36(32)43(38)31-13-5-2-6-14-31/h1-26H. The van der Waals surface area contributed by atoms with E-state index in [1.165, 1.54) is 49.4 Å². The van der Waals surface area contributed by atoms with E-state index in [1.807, 2.05) is 30.6 Å². The van der Waals surface area contributed by atoms with Crippen LogP contribution in [0.5, 0.6) is 0 Å². The Hall–Kier alpha value is -6.00. The molecule has 206 valence electrons. The monoisotopic (exact) mass is 562 g/mol. The van der Waals surface area contributed by atoms with Crippen molar-refractivity contribution >= 4 is 43.6 Å². The molecule has 0 saturated carbocycles. The van der Waals surface area contributed by atoms with E-state index in [2.05, 4.69) is 137 Å². The molecule has 0 amide bonds. The number of benzene rings is 6. The highest BCUT2D eigenvalue weighted by molar-refractivity contribution is 6.12. The molecule has 6 aromatic carbocycles. The second-order valence-corrected chi connectivity index (χ2v) is 11.1. The van der Waals surface area contributed by atoms with Crippen LogP contribution in [-0.4, -0.2) is 19.1 Å². The van der Waals surface area contributed by atoms with Crippen LogP contribution in [0.3, 0.4) is 0 Å². The molecule has 0 bridgehead atoms. The Labute approximate surface area is 254 Å². The van der Waals surface area contributed by atoms with E-state index in [4.69, 9.17) is 9.97 Å². The highest BCUT2D eigenvalue weighted by atomic mass is 15.1. The summed E-state index contributed by atoms with van der Waals surface area (Å²) in [5.74, 6) is 0.666. The van der Waals surface area contributed by atoms with Crippen molar-refractivity contribution in [2.75, 3.05) is 0 Å². The Balaban J connectivity index is 1.20. The summed E-state index contributed by atoms with van der Waals surface area (Å²) in [5, 5.41) is 4.86. The Morgan fingerprint density at radius 1 is 0.341 bits per heavy atom. The summed E-state index contributed by atoms with van der Waals surface area (Å²) in [6, 6.07) is 51.6. The lowest BCUT2D eigenvalue weighted by atomic mass is 10.0. The molecule has 0 aliphatic carbocycles. The molecule has 0 spiro atoms. The zero-order valence-electron chi connectivity index (χ0n) is 23.8. The minimum absolute atomic E-state index is 0.666.